The van der Waals surface area contributed by atoms with E-state index in [0.29, 0.717) is 6.42 Å². The predicted octanol–water partition coefficient (Wildman–Crippen LogP) is 3.95. The first kappa shape index (κ1) is 20.2. The van der Waals surface area contributed by atoms with Gasteiger partial charge in [0, 0.05) is 56.6 Å². The smallest absolute Gasteiger partial charge is 0.246 e. The number of amides is 2. The van der Waals surface area contributed by atoms with Gasteiger partial charge in [0.1, 0.15) is 0 Å². The van der Waals surface area contributed by atoms with E-state index in [-0.39, 0.29) is 17.9 Å². The topological polar surface area (TPSA) is 43.9 Å². The number of nitrogens with zero attached hydrogens (tertiary/aromatic N) is 3. The van der Waals surface area contributed by atoms with E-state index >= 15 is 0 Å². The van der Waals surface area contributed by atoms with Gasteiger partial charge >= 0.3 is 0 Å². The van der Waals surface area contributed by atoms with Crippen molar-refractivity contribution in [1.82, 2.24) is 4.90 Å². The van der Waals surface area contributed by atoms with Crippen molar-refractivity contribution in [1.29, 1.82) is 0 Å². The summed E-state index contributed by atoms with van der Waals surface area (Å²) in [6.45, 7) is 2.72. The van der Waals surface area contributed by atoms with Crippen LogP contribution in [0.4, 0.5) is 11.4 Å². The Morgan fingerprint density at radius 1 is 0.967 bits per heavy atom. The summed E-state index contributed by atoms with van der Waals surface area (Å²) >= 11 is 0. The third-order valence-electron chi connectivity index (χ3n) is 6.18. The Bertz CT molecular complexity index is 900. The predicted molar refractivity (Wildman–Crippen MR) is 122 cm³/mol. The van der Waals surface area contributed by atoms with Crippen LogP contribution in [0, 0.1) is 0 Å². The Balaban J connectivity index is 1.30. The maximum atomic E-state index is 12.7. The summed E-state index contributed by atoms with van der Waals surface area (Å²) in [4.78, 5) is 30.6. The fraction of sp³-hybridized carbons (Fsp3) is 0.360. The number of piperidine rings is 1. The molecule has 2 aliphatic rings. The van der Waals surface area contributed by atoms with Crippen LogP contribution in [0.2, 0.25) is 0 Å². The van der Waals surface area contributed by atoms with Crippen LogP contribution in [-0.2, 0) is 9.59 Å². The first-order valence-electron chi connectivity index (χ1n) is 10.8. The van der Waals surface area contributed by atoms with Crippen molar-refractivity contribution in [2.75, 3.05) is 36.5 Å². The molecule has 0 N–H and O–H groups in total. The average Bonchev–Trinajstić information content (AvgIpc) is 3.24. The van der Waals surface area contributed by atoms with Gasteiger partial charge in [-0.15, -0.1) is 0 Å². The van der Waals surface area contributed by atoms with Gasteiger partial charge in [-0.05, 0) is 55.2 Å². The SMILES string of the molecule is CN(C(=O)/C=C/c1ccc(N2CCCC2=O)cc1)C1CCN(c2ccccc2)CC1. The van der Waals surface area contributed by atoms with Crippen LogP contribution < -0.4 is 9.80 Å². The molecule has 0 aromatic heterocycles. The number of para-hydroxylation sites is 1. The highest BCUT2D eigenvalue weighted by Gasteiger charge is 2.24. The van der Waals surface area contributed by atoms with Gasteiger partial charge in [-0.25, -0.2) is 0 Å². The molecule has 2 heterocycles. The molecule has 5 heteroatoms. The quantitative estimate of drug-likeness (QED) is 0.710. The van der Waals surface area contributed by atoms with Gasteiger partial charge in [0.05, 0.1) is 0 Å². The highest BCUT2D eigenvalue weighted by atomic mass is 16.2. The van der Waals surface area contributed by atoms with Gasteiger partial charge in [0.15, 0.2) is 0 Å². The second kappa shape index (κ2) is 9.16. The van der Waals surface area contributed by atoms with Gasteiger partial charge in [0.25, 0.3) is 0 Å². The molecule has 0 radical (unpaired) electrons. The Hall–Kier alpha value is -3.08. The van der Waals surface area contributed by atoms with E-state index < -0.39 is 0 Å². The van der Waals surface area contributed by atoms with Gasteiger partial charge in [-0.2, -0.15) is 0 Å². The highest BCUT2D eigenvalue weighted by molar-refractivity contribution is 5.95. The van der Waals surface area contributed by atoms with Crippen molar-refractivity contribution in [3.8, 4) is 0 Å². The summed E-state index contributed by atoms with van der Waals surface area (Å²) < 4.78 is 0. The van der Waals surface area contributed by atoms with Crippen LogP contribution in [0.15, 0.2) is 60.7 Å². The summed E-state index contributed by atoms with van der Waals surface area (Å²) in [5.74, 6) is 0.223. The van der Waals surface area contributed by atoms with Crippen LogP contribution >= 0.6 is 0 Å². The number of hydrogen-bond donors (Lipinski definition) is 0. The number of carbonyl (C=O) groups is 2. The van der Waals surface area contributed by atoms with Gasteiger partial charge in [-0.3, -0.25) is 9.59 Å². The molecular formula is C25H29N3O2. The van der Waals surface area contributed by atoms with Crippen molar-refractivity contribution in [3.63, 3.8) is 0 Å². The first-order chi connectivity index (χ1) is 14.6. The molecule has 30 heavy (non-hydrogen) atoms. The number of benzene rings is 2. The van der Waals surface area contributed by atoms with Crippen LogP contribution in [0.1, 0.15) is 31.2 Å². The Morgan fingerprint density at radius 2 is 1.67 bits per heavy atom. The molecule has 2 aromatic rings. The van der Waals surface area contributed by atoms with Gasteiger partial charge in [-0.1, -0.05) is 30.3 Å². The lowest BCUT2D eigenvalue weighted by Crippen LogP contribution is -2.45. The molecule has 2 aliphatic heterocycles. The molecule has 156 valence electrons. The summed E-state index contributed by atoms with van der Waals surface area (Å²) in [5.41, 5.74) is 3.15. The maximum absolute atomic E-state index is 12.7. The Labute approximate surface area is 178 Å². The molecule has 0 bridgehead atoms. The largest absolute Gasteiger partial charge is 0.371 e. The Kier molecular flexibility index (Phi) is 6.17. The van der Waals surface area contributed by atoms with E-state index in [4.69, 9.17) is 0 Å². The fourth-order valence-electron chi connectivity index (χ4n) is 4.30. The zero-order valence-corrected chi connectivity index (χ0v) is 17.5. The molecule has 4 rings (SSSR count). The molecule has 0 spiro atoms. The van der Waals surface area contributed by atoms with Gasteiger partial charge in [0.2, 0.25) is 11.8 Å². The lowest BCUT2D eigenvalue weighted by atomic mass is 10.0. The zero-order chi connectivity index (χ0) is 20.9. The van der Waals surface area contributed by atoms with E-state index in [1.165, 1.54) is 5.69 Å². The highest BCUT2D eigenvalue weighted by Crippen LogP contribution is 2.23. The summed E-state index contributed by atoms with van der Waals surface area (Å²) in [6.07, 6.45) is 7.01. The number of carbonyl (C=O) groups excluding carboxylic acids is 2. The van der Waals surface area contributed by atoms with Crippen LogP contribution in [0.3, 0.4) is 0 Å². The van der Waals surface area contributed by atoms with E-state index in [9.17, 15) is 9.59 Å². The van der Waals surface area contributed by atoms with E-state index in [2.05, 4.69) is 29.2 Å². The van der Waals surface area contributed by atoms with Crippen molar-refractivity contribution in [2.24, 2.45) is 0 Å². The van der Waals surface area contributed by atoms with Crippen molar-refractivity contribution < 1.29 is 9.59 Å². The first-order valence-corrected chi connectivity index (χ1v) is 10.8. The molecular weight excluding hydrogens is 374 g/mol. The second-order valence-corrected chi connectivity index (χ2v) is 8.08. The number of rotatable bonds is 5. The standard InChI is InChI=1S/C25H29N3O2/c1-26(21-15-18-27(19-16-21)22-6-3-2-4-7-22)24(29)14-11-20-9-12-23(13-10-20)28-17-5-8-25(28)30/h2-4,6-7,9-14,21H,5,8,15-19H2,1H3/b14-11+. The van der Waals surface area contributed by atoms with E-state index in [1.54, 1.807) is 6.08 Å². The molecule has 0 atom stereocenters. The minimum Gasteiger partial charge on any atom is -0.371 e. The van der Waals surface area contributed by atoms with Crippen LogP contribution in [-0.4, -0.2) is 49.4 Å². The van der Waals surface area contributed by atoms with E-state index in [0.717, 1.165) is 50.1 Å². The Morgan fingerprint density at radius 3 is 2.30 bits per heavy atom. The van der Waals surface area contributed by atoms with Crippen molar-refractivity contribution in [2.45, 2.75) is 31.7 Å². The number of hydrogen-bond acceptors (Lipinski definition) is 3. The fourth-order valence-corrected chi connectivity index (χ4v) is 4.30. The number of anilines is 2. The zero-order valence-electron chi connectivity index (χ0n) is 17.5. The average molecular weight is 404 g/mol. The van der Waals surface area contributed by atoms with Gasteiger partial charge < -0.3 is 14.7 Å². The minimum absolute atomic E-state index is 0.0342. The number of likely N-dealkylation sites (N-methyl/N-ethyl adjacent to an activating group) is 1. The lowest BCUT2D eigenvalue weighted by molar-refractivity contribution is -0.127. The maximum Gasteiger partial charge on any atom is 0.246 e. The molecule has 2 aromatic carbocycles. The lowest BCUT2D eigenvalue weighted by Gasteiger charge is -2.37. The van der Waals surface area contributed by atoms with E-state index in [1.807, 2.05) is 53.3 Å². The van der Waals surface area contributed by atoms with Crippen LogP contribution in [0.25, 0.3) is 6.08 Å². The third kappa shape index (κ3) is 4.56. The molecule has 2 fully saturated rings. The molecule has 0 aliphatic carbocycles. The molecule has 5 nitrogen and oxygen atoms in total. The van der Waals surface area contributed by atoms with Crippen molar-refractivity contribution >= 4 is 29.3 Å². The normalized spacial score (nSPS) is 17.7. The second-order valence-electron chi connectivity index (χ2n) is 8.08. The molecule has 2 saturated heterocycles. The minimum atomic E-state index is 0.0342. The summed E-state index contributed by atoms with van der Waals surface area (Å²) in [6, 6.07) is 18.6. The molecule has 0 saturated carbocycles. The third-order valence-corrected chi connectivity index (χ3v) is 6.18. The van der Waals surface area contributed by atoms with Crippen LogP contribution in [0.5, 0.6) is 0 Å². The summed E-state index contributed by atoms with van der Waals surface area (Å²) in [5, 5.41) is 0. The van der Waals surface area contributed by atoms with Crippen molar-refractivity contribution in [3.05, 3.63) is 66.2 Å². The molecule has 2 amide bonds. The monoisotopic (exact) mass is 403 g/mol. The molecule has 0 unspecified atom stereocenters. The summed E-state index contributed by atoms with van der Waals surface area (Å²) in [7, 11) is 1.90.